The van der Waals surface area contributed by atoms with Crippen molar-refractivity contribution >= 4 is 5.78 Å². The quantitative estimate of drug-likeness (QED) is 0.780. The first-order valence-corrected chi connectivity index (χ1v) is 6.08. The number of rotatable bonds is 5. The lowest BCUT2D eigenvalue weighted by Gasteiger charge is -2.17. The van der Waals surface area contributed by atoms with Crippen LogP contribution < -0.4 is 5.32 Å². The number of carbonyl (C=O) groups is 1. The summed E-state index contributed by atoms with van der Waals surface area (Å²) < 4.78 is 5.41. The van der Waals surface area contributed by atoms with E-state index in [0.717, 1.165) is 13.0 Å². The van der Waals surface area contributed by atoms with Gasteiger partial charge in [0, 0.05) is 24.0 Å². The van der Waals surface area contributed by atoms with Gasteiger partial charge in [0.05, 0.1) is 19.1 Å². The van der Waals surface area contributed by atoms with Crippen molar-refractivity contribution in [2.45, 2.75) is 19.4 Å². The molecular formula is C13H18N2O2. The van der Waals surface area contributed by atoms with Gasteiger partial charge in [-0.1, -0.05) is 6.92 Å². The van der Waals surface area contributed by atoms with Gasteiger partial charge in [-0.15, -0.1) is 0 Å². The van der Waals surface area contributed by atoms with Gasteiger partial charge < -0.3 is 10.1 Å². The summed E-state index contributed by atoms with van der Waals surface area (Å²) in [5.74, 6) is 0.0509. The molecule has 0 aromatic carbocycles. The zero-order valence-electron chi connectivity index (χ0n) is 10.1. The molecule has 4 nitrogen and oxygen atoms in total. The first-order chi connectivity index (χ1) is 8.33. The highest BCUT2D eigenvalue weighted by molar-refractivity contribution is 5.98. The van der Waals surface area contributed by atoms with Gasteiger partial charge in [0.1, 0.15) is 0 Å². The minimum absolute atomic E-state index is 0.0780. The van der Waals surface area contributed by atoms with Crippen LogP contribution in [0.3, 0.4) is 0 Å². The molecule has 4 heteroatoms. The highest BCUT2D eigenvalue weighted by Crippen LogP contribution is 2.18. The van der Waals surface area contributed by atoms with E-state index in [1.807, 2.05) is 6.07 Å². The number of hydrogen-bond donors (Lipinski definition) is 1. The average molecular weight is 234 g/mol. The molecule has 1 N–H and O–H groups in total. The van der Waals surface area contributed by atoms with Crippen LogP contribution in [0, 0.1) is 5.92 Å². The van der Waals surface area contributed by atoms with E-state index in [9.17, 15) is 4.79 Å². The number of nitrogens with zero attached hydrogens (tertiary/aromatic N) is 1. The molecule has 0 aliphatic carbocycles. The summed E-state index contributed by atoms with van der Waals surface area (Å²) in [5.41, 5.74) is 0.672. The molecular weight excluding hydrogens is 216 g/mol. The maximum absolute atomic E-state index is 12.3. The summed E-state index contributed by atoms with van der Waals surface area (Å²) in [6, 6.07) is 3.74. The van der Waals surface area contributed by atoms with Crippen LogP contribution in [0.25, 0.3) is 0 Å². The van der Waals surface area contributed by atoms with E-state index < -0.39 is 0 Å². The molecule has 2 heterocycles. The Morgan fingerprint density at radius 2 is 2.47 bits per heavy atom. The molecule has 0 spiro atoms. The lowest BCUT2D eigenvalue weighted by atomic mass is 9.94. The number of ether oxygens (including phenoxy) is 1. The number of hydrogen-bond acceptors (Lipinski definition) is 4. The highest BCUT2D eigenvalue weighted by atomic mass is 16.5. The molecule has 0 amide bonds. The number of Topliss-reactive ketones (excluding diaryl/α,β-unsaturated/α-hetero) is 1. The zero-order chi connectivity index (χ0) is 12.1. The predicted molar refractivity (Wildman–Crippen MR) is 65.0 cm³/mol. The van der Waals surface area contributed by atoms with Crippen LogP contribution in [-0.2, 0) is 4.74 Å². The van der Waals surface area contributed by atoms with Gasteiger partial charge in [-0.3, -0.25) is 9.78 Å². The van der Waals surface area contributed by atoms with E-state index in [-0.39, 0.29) is 17.7 Å². The maximum atomic E-state index is 12.3. The number of ketones is 1. The Hall–Kier alpha value is -1.26. The number of carbonyl (C=O) groups excluding carboxylic acids is 1. The monoisotopic (exact) mass is 234 g/mol. The second-order valence-electron chi connectivity index (χ2n) is 4.31. The fourth-order valence-electron chi connectivity index (χ4n) is 2.07. The Morgan fingerprint density at radius 1 is 1.59 bits per heavy atom. The standard InChI is InChI=1S/C13H18N2O2/c1-2-5-15-12-9-17-8-11(12)13(16)10-4-3-6-14-7-10/h3-4,6-7,11-12,15H,2,5,8-9H2,1H3. The Balaban J connectivity index is 2.03. The van der Waals surface area contributed by atoms with E-state index in [4.69, 9.17) is 4.74 Å². The number of pyridine rings is 1. The van der Waals surface area contributed by atoms with Crippen molar-refractivity contribution < 1.29 is 9.53 Å². The second-order valence-corrected chi connectivity index (χ2v) is 4.31. The van der Waals surface area contributed by atoms with Crippen molar-refractivity contribution in [3.8, 4) is 0 Å². The largest absolute Gasteiger partial charge is 0.379 e. The van der Waals surface area contributed by atoms with Crippen LogP contribution >= 0.6 is 0 Å². The average Bonchev–Trinajstić information content (AvgIpc) is 2.84. The molecule has 1 aliphatic heterocycles. The summed E-state index contributed by atoms with van der Waals surface area (Å²) in [5, 5.41) is 3.37. The van der Waals surface area contributed by atoms with E-state index in [1.54, 1.807) is 18.5 Å². The van der Waals surface area contributed by atoms with Crippen molar-refractivity contribution in [2.24, 2.45) is 5.92 Å². The van der Waals surface area contributed by atoms with Crippen LogP contribution in [-0.4, -0.2) is 36.6 Å². The maximum Gasteiger partial charge on any atom is 0.171 e. The molecule has 1 aliphatic rings. The molecule has 2 unspecified atom stereocenters. The molecule has 1 fully saturated rings. The molecule has 0 bridgehead atoms. The molecule has 2 rings (SSSR count). The van der Waals surface area contributed by atoms with Crippen LogP contribution in [0.2, 0.25) is 0 Å². The number of nitrogens with one attached hydrogen (secondary N) is 1. The fraction of sp³-hybridized carbons (Fsp3) is 0.538. The summed E-state index contributed by atoms with van der Waals surface area (Å²) in [6.07, 6.45) is 4.36. The van der Waals surface area contributed by atoms with Crippen molar-refractivity contribution in [1.29, 1.82) is 0 Å². The molecule has 1 aromatic rings. The summed E-state index contributed by atoms with van der Waals surface area (Å²) in [6.45, 7) is 4.16. The van der Waals surface area contributed by atoms with Gasteiger partial charge in [-0.05, 0) is 25.1 Å². The molecule has 1 aromatic heterocycles. The van der Waals surface area contributed by atoms with Crippen molar-refractivity contribution in [1.82, 2.24) is 10.3 Å². The Kier molecular flexibility index (Phi) is 4.23. The highest BCUT2D eigenvalue weighted by Gasteiger charge is 2.33. The normalized spacial score (nSPS) is 23.8. The molecule has 92 valence electrons. The van der Waals surface area contributed by atoms with Crippen LogP contribution in [0.15, 0.2) is 24.5 Å². The Bertz CT molecular complexity index is 367. The van der Waals surface area contributed by atoms with Gasteiger partial charge in [-0.25, -0.2) is 0 Å². The van der Waals surface area contributed by atoms with E-state index in [2.05, 4.69) is 17.2 Å². The molecule has 0 radical (unpaired) electrons. The lowest BCUT2D eigenvalue weighted by Crippen LogP contribution is -2.39. The fourth-order valence-corrected chi connectivity index (χ4v) is 2.07. The molecule has 17 heavy (non-hydrogen) atoms. The second kappa shape index (κ2) is 5.89. The third-order valence-electron chi connectivity index (χ3n) is 3.02. The van der Waals surface area contributed by atoms with Gasteiger partial charge >= 0.3 is 0 Å². The number of aromatic nitrogens is 1. The van der Waals surface area contributed by atoms with Crippen molar-refractivity contribution in [3.63, 3.8) is 0 Å². The van der Waals surface area contributed by atoms with Crippen molar-refractivity contribution in [2.75, 3.05) is 19.8 Å². The predicted octanol–water partition coefficient (Wildman–Crippen LogP) is 1.28. The Labute approximate surface area is 101 Å². The molecule has 0 saturated carbocycles. The minimum atomic E-state index is -0.0780. The Morgan fingerprint density at radius 3 is 3.18 bits per heavy atom. The summed E-state index contributed by atoms with van der Waals surface area (Å²) >= 11 is 0. The first-order valence-electron chi connectivity index (χ1n) is 6.08. The van der Waals surface area contributed by atoms with E-state index in [0.29, 0.717) is 18.8 Å². The van der Waals surface area contributed by atoms with Gasteiger partial charge in [0.25, 0.3) is 0 Å². The van der Waals surface area contributed by atoms with Crippen LogP contribution in [0.1, 0.15) is 23.7 Å². The van der Waals surface area contributed by atoms with Gasteiger partial charge in [0.2, 0.25) is 0 Å². The molecule has 1 saturated heterocycles. The van der Waals surface area contributed by atoms with Crippen LogP contribution in [0.4, 0.5) is 0 Å². The third-order valence-corrected chi connectivity index (χ3v) is 3.02. The van der Waals surface area contributed by atoms with Crippen LogP contribution in [0.5, 0.6) is 0 Å². The van der Waals surface area contributed by atoms with E-state index in [1.165, 1.54) is 0 Å². The smallest absolute Gasteiger partial charge is 0.171 e. The minimum Gasteiger partial charge on any atom is -0.379 e. The van der Waals surface area contributed by atoms with Crippen molar-refractivity contribution in [3.05, 3.63) is 30.1 Å². The van der Waals surface area contributed by atoms with E-state index >= 15 is 0 Å². The topological polar surface area (TPSA) is 51.2 Å². The zero-order valence-corrected chi connectivity index (χ0v) is 10.1. The first kappa shape index (κ1) is 12.2. The van der Waals surface area contributed by atoms with Gasteiger partial charge in [-0.2, -0.15) is 0 Å². The third kappa shape index (κ3) is 2.90. The van der Waals surface area contributed by atoms with Gasteiger partial charge in [0.15, 0.2) is 5.78 Å². The molecule has 2 atom stereocenters. The SMILES string of the molecule is CCCNC1COCC1C(=O)c1cccnc1. The summed E-state index contributed by atoms with van der Waals surface area (Å²) in [7, 11) is 0. The summed E-state index contributed by atoms with van der Waals surface area (Å²) in [4.78, 5) is 16.2. The lowest BCUT2D eigenvalue weighted by molar-refractivity contribution is 0.0891.